The summed E-state index contributed by atoms with van der Waals surface area (Å²) in [5.74, 6) is 0.287. The van der Waals surface area contributed by atoms with Gasteiger partial charge in [-0.1, -0.05) is 20.8 Å². The zero-order valence-corrected chi connectivity index (χ0v) is 10.4. The number of aromatic nitrogens is 1. The van der Waals surface area contributed by atoms with E-state index in [2.05, 4.69) is 31.1 Å². The molecule has 0 aliphatic heterocycles. The standard InChI is InChI=1S/C13H22N2O/c1-4-10(5-2)15-12(6-3)13-9-11(16)7-8-14-13/h7-10,12,15H,4-6H2,1-3H3,(H,14,16). The Morgan fingerprint density at radius 3 is 2.44 bits per heavy atom. The fraction of sp³-hybridized carbons (Fsp3) is 0.615. The van der Waals surface area contributed by atoms with Crippen LogP contribution in [0.2, 0.25) is 0 Å². The van der Waals surface area contributed by atoms with Crippen LogP contribution < -0.4 is 5.32 Å². The summed E-state index contributed by atoms with van der Waals surface area (Å²) in [4.78, 5) is 4.31. The van der Waals surface area contributed by atoms with Gasteiger partial charge in [0.2, 0.25) is 0 Å². The number of pyridine rings is 1. The van der Waals surface area contributed by atoms with Crippen LogP contribution in [0.15, 0.2) is 18.3 Å². The lowest BCUT2D eigenvalue weighted by Crippen LogP contribution is -2.32. The number of nitrogens with one attached hydrogen (secondary N) is 1. The molecule has 1 aromatic rings. The summed E-state index contributed by atoms with van der Waals surface area (Å²) < 4.78 is 0. The van der Waals surface area contributed by atoms with Crippen molar-refractivity contribution >= 4 is 0 Å². The van der Waals surface area contributed by atoms with Crippen molar-refractivity contribution in [2.75, 3.05) is 0 Å². The molecule has 0 aliphatic rings. The van der Waals surface area contributed by atoms with E-state index in [0.717, 1.165) is 25.0 Å². The second-order valence-electron chi connectivity index (χ2n) is 4.08. The Hall–Kier alpha value is -1.09. The predicted octanol–water partition coefficient (Wildman–Crippen LogP) is 3.02. The Morgan fingerprint density at radius 1 is 1.25 bits per heavy atom. The predicted molar refractivity (Wildman–Crippen MR) is 66.4 cm³/mol. The van der Waals surface area contributed by atoms with Gasteiger partial charge in [-0.3, -0.25) is 4.98 Å². The van der Waals surface area contributed by atoms with Crippen LogP contribution in [0, 0.1) is 0 Å². The van der Waals surface area contributed by atoms with E-state index in [1.54, 1.807) is 18.3 Å². The lowest BCUT2D eigenvalue weighted by Gasteiger charge is -2.22. The Labute approximate surface area is 97.9 Å². The molecule has 1 atom stereocenters. The van der Waals surface area contributed by atoms with Crippen molar-refractivity contribution in [3.63, 3.8) is 0 Å². The molecule has 0 aromatic carbocycles. The third kappa shape index (κ3) is 3.49. The van der Waals surface area contributed by atoms with Crippen LogP contribution in [0.3, 0.4) is 0 Å². The van der Waals surface area contributed by atoms with Crippen LogP contribution >= 0.6 is 0 Å². The summed E-state index contributed by atoms with van der Waals surface area (Å²) in [5.41, 5.74) is 0.925. The van der Waals surface area contributed by atoms with Crippen LogP contribution in [-0.4, -0.2) is 16.1 Å². The average Bonchev–Trinajstić information content (AvgIpc) is 2.31. The second kappa shape index (κ2) is 6.48. The van der Waals surface area contributed by atoms with Gasteiger partial charge in [0.15, 0.2) is 0 Å². The van der Waals surface area contributed by atoms with Gasteiger partial charge in [0.05, 0.1) is 5.69 Å². The van der Waals surface area contributed by atoms with Crippen molar-refractivity contribution in [3.05, 3.63) is 24.0 Å². The van der Waals surface area contributed by atoms with Crippen molar-refractivity contribution < 1.29 is 5.11 Å². The van der Waals surface area contributed by atoms with Gasteiger partial charge in [-0.15, -0.1) is 0 Å². The molecule has 1 unspecified atom stereocenters. The number of hydrogen-bond donors (Lipinski definition) is 2. The molecule has 0 aliphatic carbocycles. The number of hydrogen-bond acceptors (Lipinski definition) is 3. The van der Waals surface area contributed by atoms with Crippen molar-refractivity contribution in [2.45, 2.75) is 52.1 Å². The maximum atomic E-state index is 9.44. The number of aromatic hydroxyl groups is 1. The highest BCUT2D eigenvalue weighted by atomic mass is 16.3. The maximum Gasteiger partial charge on any atom is 0.118 e. The summed E-state index contributed by atoms with van der Waals surface area (Å²) in [6.45, 7) is 6.50. The third-order valence-corrected chi connectivity index (χ3v) is 2.95. The first-order valence-electron chi connectivity index (χ1n) is 6.12. The molecule has 0 amide bonds. The van der Waals surface area contributed by atoms with Gasteiger partial charge in [-0.05, 0) is 25.3 Å². The summed E-state index contributed by atoms with van der Waals surface area (Å²) in [7, 11) is 0. The van der Waals surface area contributed by atoms with Crippen molar-refractivity contribution in [2.24, 2.45) is 0 Å². The Bertz CT molecular complexity index is 311. The van der Waals surface area contributed by atoms with Crippen molar-refractivity contribution in [3.8, 4) is 5.75 Å². The van der Waals surface area contributed by atoms with Gasteiger partial charge in [0, 0.05) is 24.3 Å². The number of nitrogens with zero attached hydrogens (tertiary/aromatic N) is 1. The summed E-state index contributed by atoms with van der Waals surface area (Å²) in [5, 5.41) is 13.0. The summed E-state index contributed by atoms with van der Waals surface area (Å²) in [6, 6.07) is 4.10. The summed E-state index contributed by atoms with van der Waals surface area (Å²) >= 11 is 0. The third-order valence-electron chi connectivity index (χ3n) is 2.95. The van der Waals surface area contributed by atoms with Gasteiger partial charge in [-0.25, -0.2) is 0 Å². The largest absolute Gasteiger partial charge is 0.508 e. The van der Waals surface area contributed by atoms with Crippen LogP contribution in [0.25, 0.3) is 0 Å². The van der Waals surface area contributed by atoms with E-state index in [-0.39, 0.29) is 11.8 Å². The molecular weight excluding hydrogens is 200 g/mol. The highest BCUT2D eigenvalue weighted by Crippen LogP contribution is 2.19. The van der Waals surface area contributed by atoms with E-state index in [4.69, 9.17) is 0 Å². The normalized spacial score (nSPS) is 13.0. The smallest absolute Gasteiger partial charge is 0.118 e. The fourth-order valence-electron chi connectivity index (χ4n) is 1.85. The molecule has 90 valence electrons. The Kier molecular flexibility index (Phi) is 5.26. The first-order valence-corrected chi connectivity index (χ1v) is 6.12. The topological polar surface area (TPSA) is 45.1 Å². The Morgan fingerprint density at radius 2 is 1.94 bits per heavy atom. The lowest BCUT2D eigenvalue weighted by atomic mass is 10.1. The van der Waals surface area contributed by atoms with E-state index in [1.165, 1.54) is 0 Å². The minimum Gasteiger partial charge on any atom is -0.508 e. The van der Waals surface area contributed by atoms with Crippen LogP contribution in [0.4, 0.5) is 0 Å². The van der Waals surface area contributed by atoms with E-state index in [0.29, 0.717) is 6.04 Å². The molecule has 3 heteroatoms. The zero-order chi connectivity index (χ0) is 12.0. The van der Waals surface area contributed by atoms with Gasteiger partial charge in [-0.2, -0.15) is 0 Å². The van der Waals surface area contributed by atoms with Crippen molar-refractivity contribution in [1.82, 2.24) is 10.3 Å². The molecule has 0 bridgehead atoms. The van der Waals surface area contributed by atoms with Gasteiger partial charge >= 0.3 is 0 Å². The first kappa shape index (κ1) is 13.0. The zero-order valence-electron chi connectivity index (χ0n) is 10.4. The van der Waals surface area contributed by atoms with Gasteiger partial charge in [0.1, 0.15) is 5.75 Å². The molecule has 0 spiro atoms. The molecule has 0 radical (unpaired) electrons. The average molecular weight is 222 g/mol. The highest BCUT2D eigenvalue weighted by molar-refractivity contribution is 5.22. The van der Waals surface area contributed by atoms with E-state index in [1.807, 2.05) is 0 Å². The molecule has 1 aromatic heterocycles. The van der Waals surface area contributed by atoms with Crippen molar-refractivity contribution in [1.29, 1.82) is 0 Å². The molecular formula is C13H22N2O. The molecule has 0 saturated carbocycles. The molecule has 3 nitrogen and oxygen atoms in total. The molecule has 2 N–H and O–H groups in total. The van der Waals surface area contributed by atoms with Gasteiger partial charge in [0.25, 0.3) is 0 Å². The Balaban J connectivity index is 2.74. The van der Waals surface area contributed by atoms with Crippen LogP contribution in [0.1, 0.15) is 51.8 Å². The lowest BCUT2D eigenvalue weighted by molar-refractivity contribution is 0.398. The SMILES string of the molecule is CCC(CC)NC(CC)c1cc(O)ccn1. The maximum absolute atomic E-state index is 9.44. The minimum atomic E-state index is 0.233. The van der Waals surface area contributed by atoms with E-state index < -0.39 is 0 Å². The molecule has 0 saturated heterocycles. The van der Waals surface area contributed by atoms with E-state index in [9.17, 15) is 5.11 Å². The quantitative estimate of drug-likeness (QED) is 0.777. The monoisotopic (exact) mass is 222 g/mol. The fourth-order valence-corrected chi connectivity index (χ4v) is 1.85. The molecule has 0 fully saturated rings. The molecule has 1 heterocycles. The van der Waals surface area contributed by atoms with Crippen LogP contribution in [-0.2, 0) is 0 Å². The van der Waals surface area contributed by atoms with Gasteiger partial charge < -0.3 is 10.4 Å². The summed E-state index contributed by atoms with van der Waals surface area (Å²) in [6.07, 6.45) is 4.87. The van der Waals surface area contributed by atoms with Crippen LogP contribution in [0.5, 0.6) is 5.75 Å². The highest BCUT2D eigenvalue weighted by Gasteiger charge is 2.14. The number of rotatable bonds is 6. The second-order valence-corrected chi connectivity index (χ2v) is 4.08. The minimum absolute atomic E-state index is 0.233. The first-order chi connectivity index (χ1) is 7.71. The molecule has 1 rings (SSSR count). The molecule has 16 heavy (non-hydrogen) atoms. The van der Waals surface area contributed by atoms with E-state index >= 15 is 0 Å².